The average Bonchev–Trinajstić information content (AvgIpc) is 3.36. The van der Waals surface area contributed by atoms with Gasteiger partial charge >= 0.3 is 6.01 Å². The van der Waals surface area contributed by atoms with E-state index in [2.05, 4.69) is 23.8 Å². The third-order valence-electron chi connectivity index (χ3n) is 9.52. The number of likely N-dealkylation sites (N-methyl/N-ethyl adjacent to an activating group) is 1. The lowest BCUT2D eigenvalue weighted by atomic mass is 9.92. The zero-order valence-corrected chi connectivity index (χ0v) is 25.1. The molecule has 1 atom stereocenters. The highest BCUT2D eigenvalue weighted by Crippen LogP contribution is 2.41. The van der Waals surface area contributed by atoms with E-state index in [-0.39, 0.29) is 29.6 Å². The van der Waals surface area contributed by atoms with Crippen molar-refractivity contribution in [1.29, 1.82) is 0 Å². The Bertz CT molecular complexity index is 1490. The number of hydrogen-bond donors (Lipinski definition) is 1. The van der Waals surface area contributed by atoms with E-state index in [1.165, 1.54) is 6.07 Å². The van der Waals surface area contributed by atoms with Gasteiger partial charge in [-0.2, -0.15) is 9.97 Å². The van der Waals surface area contributed by atoms with Crippen LogP contribution >= 0.6 is 0 Å². The third-order valence-corrected chi connectivity index (χ3v) is 9.52. The number of aromatic nitrogens is 2. The number of phenols is 1. The second-order valence-corrected chi connectivity index (χ2v) is 12.2. The molecule has 6 rings (SSSR count). The predicted molar refractivity (Wildman–Crippen MR) is 163 cm³/mol. The zero-order chi connectivity index (χ0) is 29.4. The summed E-state index contributed by atoms with van der Waals surface area (Å²) >= 11 is 0. The number of carbonyl (C=O) groups excluding carboxylic acids is 1. The number of rotatable bonds is 8. The van der Waals surface area contributed by atoms with Crippen LogP contribution in [-0.4, -0.2) is 64.7 Å². The van der Waals surface area contributed by atoms with Gasteiger partial charge in [-0.1, -0.05) is 39.2 Å². The first-order valence-electron chi connectivity index (χ1n) is 15.6. The van der Waals surface area contributed by atoms with E-state index >= 15 is 0 Å². The molecule has 0 aliphatic carbocycles. The van der Waals surface area contributed by atoms with Crippen molar-refractivity contribution in [2.75, 3.05) is 43.1 Å². The molecule has 3 aliphatic heterocycles. The van der Waals surface area contributed by atoms with Crippen LogP contribution in [0.4, 0.5) is 15.9 Å². The maximum Gasteiger partial charge on any atom is 0.318 e. The van der Waals surface area contributed by atoms with Crippen molar-refractivity contribution in [2.45, 2.75) is 83.7 Å². The standard InChI is InChI=1S/C33H42FN5O3/c1-4-13-33(14-10-15-37(33)3)21-42-32-35-26-20-39(31(41)29(26)30(36-32)38-16-8-6-7-9-17-38)27-19-23(40)18-22-11-12-25(34)24(5-2)28(22)27/h11-12,18-19,40H,4-10,13-17,20-21H2,1-3H3. The minimum atomic E-state index is -0.320. The van der Waals surface area contributed by atoms with Gasteiger partial charge < -0.3 is 19.6 Å². The molecule has 1 unspecified atom stereocenters. The van der Waals surface area contributed by atoms with Gasteiger partial charge in [-0.15, -0.1) is 0 Å². The fraction of sp³-hybridized carbons (Fsp3) is 0.545. The fourth-order valence-corrected chi connectivity index (χ4v) is 7.28. The summed E-state index contributed by atoms with van der Waals surface area (Å²) in [6, 6.07) is 6.56. The number of anilines is 2. The van der Waals surface area contributed by atoms with Crippen LogP contribution in [0.25, 0.3) is 10.8 Å². The van der Waals surface area contributed by atoms with Gasteiger partial charge in [0.2, 0.25) is 0 Å². The number of likely N-dealkylation sites (tertiary alicyclic amines) is 1. The van der Waals surface area contributed by atoms with Gasteiger partial charge in [-0.05, 0) is 75.2 Å². The van der Waals surface area contributed by atoms with E-state index < -0.39 is 0 Å². The Kier molecular flexibility index (Phi) is 7.96. The fourth-order valence-electron chi connectivity index (χ4n) is 7.28. The highest BCUT2D eigenvalue weighted by Gasteiger charge is 2.40. The second kappa shape index (κ2) is 11.7. The molecular formula is C33H42FN5O3. The van der Waals surface area contributed by atoms with Crippen molar-refractivity contribution in [3.8, 4) is 11.8 Å². The number of aromatic hydroxyl groups is 1. The molecule has 42 heavy (non-hydrogen) atoms. The largest absolute Gasteiger partial charge is 0.508 e. The smallest absolute Gasteiger partial charge is 0.318 e. The predicted octanol–water partition coefficient (Wildman–Crippen LogP) is 6.22. The quantitative estimate of drug-likeness (QED) is 0.341. The van der Waals surface area contributed by atoms with Crippen LogP contribution in [0.3, 0.4) is 0 Å². The number of benzene rings is 2. The first-order chi connectivity index (χ1) is 20.3. The van der Waals surface area contributed by atoms with Gasteiger partial charge in [0.05, 0.1) is 23.5 Å². The summed E-state index contributed by atoms with van der Waals surface area (Å²) in [6.07, 6.45) is 9.17. The van der Waals surface area contributed by atoms with E-state index in [0.29, 0.717) is 58.1 Å². The Morgan fingerprint density at radius 2 is 1.83 bits per heavy atom. The van der Waals surface area contributed by atoms with Crippen LogP contribution in [0.2, 0.25) is 0 Å². The second-order valence-electron chi connectivity index (χ2n) is 12.2. The molecule has 3 aromatic rings. The summed E-state index contributed by atoms with van der Waals surface area (Å²) in [4.78, 5) is 30.2. The van der Waals surface area contributed by atoms with Crippen LogP contribution in [0, 0.1) is 5.82 Å². The van der Waals surface area contributed by atoms with Crippen LogP contribution in [0.1, 0.15) is 86.8 Å². The molecule has 9 heteroatoms. The Hall–Kier alpha value is -3.46. The minimum Gasteiger partial charge on any atom is -0.508 e. The SMILES string of the molecule is CCCC1(COc2nc3c(c(N4CCCCCC4)n2)C(=O)N(c2cc(O)cc4ccc(F)c(CC)c24)C3)CCCN1C. The number of hydrogen-bond acceptors (Lipinski definition) is 7. The molecule has 224 valence electrons. The van der Waals surface area contributed by atoms with E-state index in [1.54, 1.807) is 23.1 Å². The van der Waals surface area contributed by atoms with Crippen LogP contribution in [-0.2, 0) is 13.0 Å². The number of ether oxygens (including phenoxy) is 1. The van der Waals surface area contributed by atoms with Gasteiger partial charge in [0.1, 0.15) is 29.6 Å². The maximum absolute atomic E-state index is 15.0. The number of aryl methyl sites for hydroxylation is 1. The molecule has 3 aliphatic rings. The highest BCUT2D eigenvalue weighted by molar-refractivity contribution is 6.16. The average molecular weight is 576 g/mol. The summed E-state index contributed by atoms with van der Waals surface area (Å²) in [5, 5.41) is 11.9. The molecule has 0 spiro atoms. The van der Waals surface area contributed by atoms with Crippen molar-refractivity contribution in [1.82, 2.24) is 14.9 Å². The van der Waals surface area contributed by atoms with E-state index in [4.69, 9.17) is 14.7 Å². The molecule has 1 N–H and O–H groups in total. The van der Waals surface area contributed by atoms with Gasteiger partial charge in [0, 0.05) is 24.5 Å². The summed E-state index contributed by atoms with van der Waals surface area (Å²) in [5.41, 5.74) is 2.07. The van der Waals surface area contributed by atoms with Gasteiger partial charge in [0.15, 0.2) is 0 Å². The van der Waals surface area contributed by atoms with E-state index in [0.717, 1.165) is 71.0 Å². The molecule has 1 aromatic heterocycles. The van der Waals surface area contributed by atoms with Crippen LogP contribution < -0.4 is 14.5 Å². The number of nitrogens with zero attached hydrogens (tertiary/aromatic N) is 5. The summed E-state index contributed by atoms with van der Waals surface area (Å²) in [5.74, 6) is 0.103. The topological polar surface area (TPSA) is 82.0 Å². The minimum absolute atomic E-state index is 0.0275. The number of fused-ring (bicyclic) bond motifs is 2. The number of phenolic OH excluding ortho intramolecular Hbond substituents is 1. The monoisotopic (exact) mass is 575 g/mol. The van der Waals surface area contributed by atoms with Gasteiger partial charge in [0.25, 0.3) is 5.91 Å². The van der Waals surface area contributed by atoms with Gasteiger partial charge in [-0.3, -0.25) is 9.69 Å². The lowest BCUT2D eigenvalue weighted by Crippen LogP contribution is -2.46. The number of amides is 1. The molecule has 4 heterocycles. The lowest BCUT2D eigenvalue weighted by molar-refractivity contribution is 0.0824. The molecule has 0 saturated carbocycles. The van der Waals surface area contributed by atoms with Gasteiger partial charge in [-0.25, -0.2) is 4.39 Å². The molecule has 0 bridgehead atoms. The van der Waals surface area contributed by atoms with Crippen LogP contribution in [0.15, 0.2) is 24.3 Å². The first kappa shape index (κ1) is 28.6. The highest BCUT2D eigenvalue weighted by atomic mass is 19.1. The Balaban J connectivity index is 1.42. The molecule has 1 amide bonds. The summed E-state index contributed by atoms with van der Waals surface area (Å²) in [6.45, 7) is 7.50. The number of carbonyl (C=O) groups is 1. The molecule has 2 fully saturated rings. The van der Waals surface area contributed by atoms with Crippen molar-refractivity contribution in [3.63, 3.8) is 0 Å². The van der Waals surface area contributed by atoms with Crippen molar-refractivity contribution < 1.29 is 19.0 Å². The van der Waals surface area contributed by atoms with E-state index in [1.807, 2.05) is 6.92 Å². The third kappa shape index (κ3) is 5.06. The first-order valence-corrected chi connectivity index (χ1v) is 15.6. The Morgan fingerprint density at radius 3 is 2.52 bits per heavy atom. The molecular weight excluding hydrogens is 533 g/mol. The number of halogens is 1. The normalized spacial score (nSPS) is 21.3. The lowest BCUT2D eigenvalue weighted by Gasteiger charge is -2.35. The summed E-state index contributed by atoms with van der Waals surface area (Å²) in [7, 11) is 2.17. The van der Waals surface area contributed by atoms with Crippen molar-refractivity contribution >= 4 is 28.2 Å². The van der Waals surface area contributed by atoms with E-state index in [9.17, 15) is 14.3 Å². The van der Waals surface area contributed by atoms with Crippen molar-refractivity contribution in [2.24, 2.45) is 0 Å². The zero-order valence-electron chi connectivity index (χ0n) is 25.1. The Labute approximate surface area is 247 Å². The molecule has 8 nitrogen and oxygen atoms in total. The summed E-state index contributed by atoms with van der Waals surface area (Å²) < 4.78 is 21.4. The molecule has 2 saturated heterocycles. The Morgan fingerprint density at radius 1 is 1.05 bits per heavy atom. The molecule has 2 aromatic carbocycles. The van der Waals surface area contributed by atoms with Crippen LogP contribution in [0.5, 0.6) is 11.8 Å². The van der Waals surface area contributed by atoms with Crippen molar-refractivity contribution in [3.05, 3.63) is 46.9 Å². The molecule has 0 radical (unpaired) electrons. The maximum atomic E-state index is 15.0.